The van der Waals surface area contributed by atoms with E-state index in [9.17, 15) is 4.79 Å². The van der Waals surface area contributed by atoms with Crippen LogP contribution in [0, 0.1) is 11.3 Å². The number of amides is 1. The molecule has 2 aromatic rings. The van der Waals surface area contributed by atoms with Gasteiger partial charge in [-0.1, -0.05) is 18.2 Å². The number of carbonyl (C=O) groups is 1. The van der Waals surface area contributed by atoms with Gasteiger partial charge in [-0.25, -0.2) is 0 Å². The number of ether oxygens (including phenoxy) is 1. The van der Waals surface area contributed by atoms with Crippen molar-refractivity contribution in [3.8, 4) is 11.8 Å². The smallest absolute Gasteiger partial charge is 0.262 e. The minimum atomic E-state index is -0.415. The van der Waals surface area contributed by atoms with Crippen LogP contribution in [-0.4, -0.2) is 18.0 Å². The molecule has 1 N–H and O–H groups in total. The van der Waals surface area contributed by atoms with Gasteiger partial charge in [0.2, 0.25) is 0 Å². The van der Waals surface area contributed by atoms with Crippen LogP contribution in [0.15, 0.2) is 54.4 Å². The highest BCUT2D eigenvalue weighted by atomic mass is 16.5. The van der Waals surface area contributed by atoms with Gasteiger partial charge >= 0.3 is 0 Å². The monoisotopic (exact) mass is 293 g/mol. The van der Waals surface area contributed by atoms with Crippen molar-refractivity contribution in [2.24, 2.45) is 0 Å². The van der Waals surface area contributed by atoms with Crippen LogP contribution in [0.4, 0.5) is 0 Å². The summed E-state index contributed by atoms with van der Waals surface area (Å²) >= 11 is 0. The maximum absolute atomic E-state index is 12.0. The average molecular weight is 293 g/mol. The lowest BCUT2D eigenvalue weighted by Gasteiger charge is -2.04. The van der Waals surface area contributed by atoms with E-state index in [1.165, 1.54) is 6.08 Å². The van der Waals surface area contributed by atoms with Gasteiger partial charge in [-0.3, -0.25) is 9.78 Å². The Kier molecular flexibility index (Phi) is 5.27. The summed E-state index contributed by atoms with van der Waals surface area (Å²) in [5.74, 6) is 0.304. The van der Waals surface area contributed by atoms with Crippen LogP contribution in [-0.2, 0) is 11.3 Å². The summed E-state index contributed by atoms with van der Waals surface area (Å²) in [7, 11) is 1.58. The summed E-state index contributed by atoms with van der Waals surface area (Å²) in [6, 6.07) is 12.7. The van der Waals surface area contributed by atoms with Crippen LogP contribution in [0.1, 0.15) is 11.1 Å². The number of aromatic nitrogens is 1. The maximum atomic E-state index is 12.0. The van der Waals surface area contributed by atoms with Crippen molar-refractivity contribution < 1.29 is 9.53 Å². The van der Waals surface area contributed by atoms with E-state index in [2.05, 4.69) is 10.3 Å². The average Bonchev–Trinajstić information content (AvgIpc) is 2.59. The molecule has 0 saturated heterocycles. The highest BCUT2D eigenvalue weighted by Crippen LogP contribution is 2.14. The number of pyridine rings is 1. The fourth-order valence-electron chi connectivity index (χ4n) is 1.80. The molecule has 0 bridgehead atoms. The molecule has 110 valence electrons. The van der Waals surface area contributed by atoms with Crippen LogP contribution < -0.4 is 10.1 Å². The molecule has 0 spiro atoms. The quantitative estimate of drug-likeness (QED) is 0.678. The Bertz CT molecular complexity index is 701. The van der Waals surface area contributed by atoms with Crippen molar-refractivity contribution in [3.05, 3.63) is 65.5 Å². The van der Waals surface area contributed by atoms with E-state index in [1.54, 1.807) is 49.8 Å². The van der Waals surface area contributed by atoms with Gasteiger partial charge in [-0.15, -0.1) is 0 Å². The van der Waals surface area contributed by atoms with Gasteiger partial charge in [-0.05, 0) is 35.4 Å². The first-order chi connectivity index (χ1) is 10.7. The van der Waals surface area contributed by atoms with Crippen LogP contribution in [0.5, 0.6) is 5.75 Å². The third-order valence-corrected chi connectivity index (χ3v) is 2.97. The molecule has 5 nitrogen and oxygen atoms in total. The van der Waals surface area contributed by atoms with Crippen molar-refractivity contribution in [2.45, 2.75) is 6.54 Å². The standard InChI is InChI=1S/C17H15N3O2/c1-22-16-6-4-13(5-7-16)9-15(10-18)17(21)20-12-14-3-2-8-19-11-14/h2-9,11H,12H2,1H3,(H,20,21). The first-order valence-corrected chi connectivity index (χ1v) is 6.66. The Labute approximate surface area is 128 Å². The third kappa shape index (κ3) is 4.18. The van der Waals surface area contributed by atoms with E-state index in [0.717, 1.165) is 16.9 Å². The maximum Gasteiger partial charge on any atom is 0.262 e. The number of carbonyl (C=O) groups excluding carboxylic acids is 1. The number of rotatable bonds is 5. The highest BCUT2D eigenvalue weighted by Gasteiger charge is 2.08. The van der Waals surface area contributed by atoms with E-state index < -0.39 is 5.91 Å². The summed E-state index contributed by atoms with van der Waals surface area (Å²) in [6.45, 7) is 0.328. The lowest BCUT2D eigenvalue weighted by Crippen LogP contribution is -2.23. The number of benzene rings is 1. The molecule has 5 heteroatoms. The molecule has 0 aliphatic heterocycles. The van der Waals surface area contributed by atoms with E-state index in [-0.39, 0.29) is 5.57 Å². The summed E-state index contributed by atoms with van der Waals surface area (Å²) in [5, 5.41) is 11.8. The molecule has 0 atom stereocenters. The van der Waals surface area contributed by atoms with Crippen LogP contribution in [0.2, 0.25) is 0 Å². The summed E-state index contributed by atoms with van der Waals surface area (Å²) < 4.78 is 5.06. The lowest BCUT2D eigenvalue weighted by atomic mass is 10.1. The van der Waals surface area contributed by atoms with Crippen molar-refractivity contribution >= 4 is 12.0 Å². The Morgan fingerprint density at radius 3 is 2.73 bits per heavy atom. The fourth-order valence-corrected chi connectivity index (χ4v) is 1.80. The molecule has 1 heterocycles. The Balaban J connectivity index is 2.04. The number of nitrogens with one attached hydrogen (secondary N) is 1. The third-order valence-electron chi connectivity index (χ3n) is 2.97. The van der Waals surface area contributed by atoms with Crippen molar-refractivity contribution in [2.75, 3.05) is 7.11 Å². The van der Waals surface area contributed by atoms with Gasteiger partial charge in [-0.2, -0.15) is 5.26 Å². The zero-order chi connectivity index (χ0) is 15.8. The van der Waals surface area contributed by atoms with Gasteiger partial charge in [0.15, 0.2) is 0 Å². The van der Waals surface area contributed by atoms with E-state index >= 15 is 0 Å². The summed E-state index contributed by atoms with van der Waals surface area (Å²) in [5.41, 5.74) is 1.68. The Hall–Kier alpha value is -3.13. The summed E-state index contributed by atoms with van der Waals surface area (Å²) in [6.07, 6.45) is 4.87. The number of hydrogen-bond donors (Lipinski definition) is 1. The van der Waals surface area contributed by atoms with Gasteiger partial charge in [0.1, 0.15) is 17.4 Å². The predicted molar refractivity (Wildman–Crippen MR) is 82.7 cm³/mol. The first kappa shape index (κ1) is 15.3. The normalized spacial score (nSPS) is 10.6. The minimum absolute atomic E-state index is 0.0501. The number of methoxy groups -OCH3 is 1. The van der Waals surface area contributed by atoms with Gasteiger partial charge in [0, 0.05) is 18.9 Å². The molecule has 0 aliphatic rings. The molecule has 0 fully saturated rings. The van der Waals surface area contributed by atoms with E-state index in [1.807, 2.05) is 12.1 Å². The zero-order valence-corrected chi connectivity index (χ0v) is 12.1. The zero-order valence-electron chi connectivity index (χ0n) is 12.1. The molecule has 0 aliphatic carbocycles. The molecule has 1 aromatic heterocycles. The van der Waals surface area contributed by atoms with Crippen molar-refractivity contribution in [1.29, 1.82) is 5.26 Å². The van der Waals surface area contributed by atoms with E-state index in [0.29, 0.717) is 6.54 Å². The molecule has 0 saturated carbocycles. The van der Waals surface area contributed by atoms with Crippen molar-refractivity contribution in [1.82, 2.24) is 10.3 Å². The predicted octanol–water partition coefficient (Wildman–Crippen LogP) is 2.31. The van der Waals surface area contributed by atoms with Crippen LogP contribution in [0.3, 0.4) is 0 Å². The second-order valence-corrected chi connectivity index (χ2v) is 4.49. The van der Waals surface area contributed by atoms with Crippen LogP contribution >= 0.6 is 0 Å². The van der Waals surface area contributed by atoms with E-state index in [4.69, 9.17) is 10.00 Å². The van der Waals surface area contributed by atoms with Crippen molar-refractivity contribution in [3.63, 3.8) is 0 Å². The highest BCUT2D eigenvalue weighted by molar-refractivity contribution is 6.01. The molecular formula is C17H15N3O2. The second-order valence-electron chi connectivity index (χ2n) is 4.49. The molecule has 2 rings (SSSR count). The summed E-state index contributed by atoms with van der Waals surface area (Å²) in [4.78, 5) is 16.0. The first-order valence-electron chi connectivity index (χ1n) is 6.66. The van der Waals surface area contributed by atoms with Gasteiger partial charge in [0.05, 0.1) is 7.11 Å². The SMILES string of the molecule is COc1ccc(C=C(C#N)C(=O)NCc2cccnc2)cc1. The second kappa shape index (κ2) is 7.60. The van der Waals surface area contributed by atoms with Gasteiger partial charge in [0.25, 0.3) is 5.91 Å². The topological polar surface area (TPSA) is 75.0 Å². The Morgan fingerprint density at radius 1 is 1.36 bits per heavy atom. The molecule has 1 amide bonds. The largest absolute Gasteiger partial charge is 0.497 e. The molecular weight excluding hydrogens is 278 g/mol. The van der Waals surface area contributed by atoms with Gasteiger partial charge < -0.3 is 10.1 Å². The number of nitriles is 1. The fraction of sp³-hybridized carbons (Fsp3) is 0.118. The molecule has 1 aromatic carbocycles. The lowest BCUT2D eigenvalue weighted by molar-refractivity contribution is -0.117. The molecule has 22 heavy (non-hydrogen) atoms. The minimum Gasteiger partial charge on any atom is -0.497 e. The molecule has 0 radical (unpaired) electrons. The molecule has 0 unspecified atom stereocenters. The number of hydrogen-bond acceptors (Lipinski definition) is 4. The number of nitrogens with zero attached hydrogens (tertiary/aromatic N) is 2. The van der Waals surface area contributed by atoms with Crippen LogP contribution in [0.25, 0.3) is 6.08 Å². The Morgan fingerprint density at radius 2 is 2.14 bits per heavy atom.